The van der Waals surface area contributed by atoms with Gasteiger partial charge in [0.15, 0.2) is 0 Å². The van der Waals surface area contributed by atoms with Crippen molar-refractivity contribution < 1.29 is 14.6 Å². The molecule has 1 rings (SSSR count). The van der Waals surface area contributed by atoms with E-state index in [0.29, 0.717) is 25.5 Å². The van der Waals surface area contributed by atoms with Crippen LogP contribution in [0.2, 0.25) is 0 Å². The van der Waals surface area contributed by atoms with Gasteiger partial charge in [-0.1, -0.05) is 0 Å². The van der Waals surface area contributed by atoms with Crippen molar-refractivity contribution >= 4 is 5.91 Å². The summed E-state index contributed by atoms with van der Waals surface area (Å²) < 4.78 is 5.03. The van der Waals surface area contributed by atoms with Crippen LogP contribution in [0.4, 0.5) is 0 Å². The van der Waals surface area contributed by atoms with Gasteiger partial charge in [-0.15, -0.1) is 0 Å². The number of H-pyrrole nitrogens is 1. The summed E-state index contributed by atoms with van der Waals surface area (Å²) in [5.74, 6) is -0.172. The Morgan fingerprint density at radius 2 is 2.47 bits per heavy atom. The van der Waals surface area contributed by atoms with E-state index in [9.17, 15) is 4.79 Å². The highest BCUT2D eigenvalue weighted by Gasteiger charge is 2.04. The minimum atomic E-state index is -0.172. The van der Waals surface area contributed by atoms with E-state index >= 15 is 0 Å². The topological polar surface area (TPSA) is 87.2 Å². The number of hydrogen-bond donors (Lipinski definition) is 3. The van der Waals surface area contributed by atoms with Crippen LogP contribution < -0.4 is 5.32 Å². The fourth-order valence-electron chi connectivity index (χ4n) is 1.02. The van der Waals surface area contributed by atoms with Gasteiger partial charge in [0.1, 0.15) is 5.69 Å². The summed E-state index contributed by atoms with van der Waals surface area (Å²) in [6, 6.07) is 1.61. The second kappa shape index (κ2) is 6.97. The number of carbonyl (C=O) groups excluding carboxylic acids is 1. The van der Waals surface area contributed by atoms with Crippen LogP contribution in [0.25, 0.3) is 0 Å². The minimum absolute atomic E-state index is 0.0283. The minimum Gasteiger partial charge on any atom is -0.394 e. The molecule has 0 aromatic carbocycles. The standard InChI is InChI=1S/C9H15N3O3/c13-5-7-15-6-1-3-10-9(14)8-2-4-11-12-8/h2,4,13H,1,3,5-7H2,(H,10,14)(H,11,12). The highest BCUT2D eigenvalue weighted by atomic mass is 16.5. The molecule has 0 saturated carbocycles. The van der Waals surface area contributed by atoms with Gasteiger partial charge in [-0.3, -0.25) is 9.89 Å². The number of rotatable bonds is 7. The molecule has 0 spiro atoms. The lowest BCUT2D eigenvalue weighted by molar-refractivity contribution is 0.0865. The van der Waals surface area contributed by atoms with Crippen LogP contribution in [-0.4, -0.2) is 47.6 Å². The van der Waals surface area contributed by atoms with Crippen molar-refractivity contribution in [2.45, 2.75) is 6.42 Å². The van der Waals surface area contributed by atoms with Crippen LogP contribution in [0.15, 0.2) is 12.3 Å². The van der Waals surface area contributed by atoms with E-state index in [1.165, 1.54) is 6.20 Å². The van der Waals surface area contributed by atoms with Crippen molar-refractivity contribution in [3.05, 3.63) is 18.0 Å². The van der Waals surface area contributed by atoms with Gasteiger partial charge in [-0.05, 0) is 12.5 Å². The normalized spacial score (nSPS) is 10.2. The van der Waals surface area contributed by atoms with Crippen LogP contribution in [0.1, 0.15) is 16.9 Å². The Kier molecular flexibility index (Phi) is 5.42. The largest absolute Gasteiger partial charge is 0.394 e. The number of nitrogens with zero attached hydrogens (tertiary/aromatic N) is 1. The summed E-state index contributed by atoms with van der Waals surface area (Å²) >= 11 is 0. The van der Waals surface area contributed by atoms with E-state index in [-0.39, 0.29) is 12.5 Å². The summed E-state index contributed by atoms with van der Waals surface area (Å²) in [6.45, 7) is 1.45. The summed E-state index contributed by atoms with van der Waals surface area (Å²) in [5, 5.41) is 17.4. The molecule has 0 unspecified atom stereocenters. The first-order valence-electron chi connectivity index (χ1n) is 4.81. The van der Waals surface area contributed by atoms with Gasteiger partial charge in [0.2, 0.25) is 0 Å². The van der Waals surface area contributed by atoms with E-state index in [0.717, 1.165) is 6.42 Å². The lowest BCUT2D eigenvalue weighted by atomic mass is 10.4. The van der Waals surface area contributed by atoms with Crippen LogP contribution >= 0.6 is 0 Å². The first-order valence-corrected chi connectivity index (χ1v) is 4.81. The van der Waals surface area contributed by atoms with Gasteiger partial charge >= 0.3 is 0 Å². The van der Waals surface area contributed by atoms with Crippen LogP contribution in [0, 0.1) is 0 Å². The Labute approximate surface area is 87.6 Å². The van der Waals surface area contributed by atoms with Crippen molar-refractivity contribution in [1.29, 1.82) is 0 Å². The van der Waals surface area contributed by atoms with E-state index in [1.54, 1.807) is 6.07 Å². The maximum absolute atomic E-state index is 11.3. The van der Waals surface area contributed by atoms with Crippen molar-refractivity contribution in [2.24, 2.45) is 0 Å². The molecule has 1 aromatic rings. The number of aromatic nitrogens is 2. The maximum Gasteiger partial charge on any atom is 0.269 e. The monoisotopic (exact) mass is 213 g/mol. The van der Waals surface area contributed by atoms with Gasteiger partial charge in [0, 0.05) is 19.3 Å². The number of hydrogen-bond acceptors (Lipinski definition) is 4. The molecule has 0 fully saturated rings. The van der Waals surface area contributed by atoms with Crippen molar-refractivity contribution in [2.75, 3.05) is 26.4 Å². The van der Waals surface area contributed by atoms with Gasteiger partial charge in [-0.2, -0.15) is 5.10 Å². The quantitative estimate of drug-likeness (QED) is 0.535. The van der Waals surface area contributed by atoms with E-state index in [2.05, 4.69) is 15.5 Å². The Hall–Kier alpha value is -1.40. The third kappa shape index (κ3) is 4.57. The van der Waals surface area contributed by atoms with Gasteiger partial charge in [0.25, 0.3) is 5.91 Å². The van der Waals surface area contributed by atoms with Crippen molar-refractivity contribution in [3.63, 3.8) is 0 Å². The molecule has 0 bridgehead atoms. The average molecular weight is 213 g/mol. The first kappa shape index (κ1) is 11.7. The Morgan fingerprint density at radius 1 is 1.60 bits per heavy atom. The molecule has 0 radical (unpaired) electrons. The predicted octanol–water partition coefficient (Wildman–Crippen LogP) is -0.462. The number of aliphatic hydroxyl groups excluding tert-OH is 1. The second-order valence-corrected chi connectivity index (χ2v) is 2.92. The summed E-state index contributed by atoms with van der Waals surface area (Å²) in [5.41, 5.74) is 0.450. The smallest absolute Gasteiger partial charge is 0.269 e. The van der Waals surface area contributed by atoms with Crippen molar-refractivity contribution in [1.82, 2.24) is 15.5 Å². The molecule has 0 aliphatic carbocycles. The fourth-order valence-corrected chi connectivity index (χ4v) is 1.02. The van der Waals surface area contributed by atoms with Gasteiger partial charge < -0.3 is 15.2 Å². The zero-order chi connectivity index (χ0) is 10.9. The third-order valence-electron chi connectivity index (χ3n) is 1.73. The number of aromatic amines is 1. The third-order valence-corrected chi connectivity index (χ3v) is 1.73. The van der Waals surface area contributed by atoms with Gasteiger partial charge in [0.05, 0.1) is 13.2 Å². The summed E-state index contributed by atoms with van der Waals surface area (Å²) in [6.07, 6.45) is 2.25. The number of aliphatic hydroxyl groups is 1. The SMILES string of the molecule is O=C(NCCCOCCO)c1ccn[nH]1. The molecule has 1 amide bonds. The summed E-state index contributed by atoms with van der Waals surface area (Å²) in [7, 11) is 0. The van der Waals surface area contributed by atoms with E-state index in [1.807, 2.05) is 0 Å². The number of amides is 1. The van der Waals surface area contributed by atoms with E-state index in [4.69, 9.17) is 9.84 Å². The lowest BCUT2D eigenvalue weighted by Gasteiger charge is -2.03. The van der Waals surface area contributed by atoms with E-state index < -0.39 is 0 Å². The Bertz CT molecular complexity index is 274. The first-order chi connectivity index (χ1) is 7.34. The maximum atomic E-state index is 11.3. The molecule has 1 heterocycles. The molecule has 0 atom stereocenters. The number of nitrogens with one attached hydrogen (secondary N) is 2. The Balaban J connectivity index is 2.03. The molecule has 0 aliphatic rings. The van der Waals surface area contributed by atoms with Crippen LogP contribution in [-0.2, 0) is 4.74 Å². The van der Waals surface area contributed by atoms with Gasteiger partial charge in [-0.25, -0.2) is 0 Å². The summed E-state index contributed by atoms with van der Waals surface area (Å²) in [4.78, 5) is 11.3. The molecular weight excluding hydrogens is 198 g/mol. The number of ether oxygens (including phenoxy) is 1. The molecule has 3 N–H and O–H groups in total. The highest BCUT2D eigenvalue weighted by Crippen LogP contribution is 1.90. The predicted molar refractivity (Wildman–Crippen MR) is 53.4 cm³/mol. The van der Waals surface area contributed by atoms with Crippen molar-refractivity contribution in [3.8, 4) is 0 Å². The molecule has 1 aromatic heterocycles. The number of carbonyl (C=O) groups is 1. The molecule has 84 valence electrons. The average Bonchev–Trinajstić information content (AvgIpc) is 2.76. The molecular formula is C9H15N3O3. The highest BCUT2D eigenvalue weighted by molar-refractivity contribution is 5.91. The zero-order valence-corrected chi connectivity index (χ0v) is 8.40. The van der Waals surface area contributed by atoms with Crippen LogP contribution in [0.5, 0.6) is 0 Å². The second-order valence-electron chi connectivity index (χ2n) is 2.92. The molecule has 15 heavy (non-hydrogen) atoms. The molecule has 0 aliphatic heterocycles. The molecule has 0 saturated heterocycles. The molecule has 6 heteroatoms. The molecule has 6 nitrogen and oxygen atoms in total. The zero-order valence-electron chi connectivity index (χ0n) is 8.40. The Morgan fingerprint density at radius 3 is 3.13 bits per heavy atom. The fraction of sp³-hybridized carbons (Fsp3) is 0.556. The van der Waals surface area contributed by atoms with Crippen LogP contribution in [0.3, 0.4) is 0 Å². The lowest BCUT2D eigenvalue weighted by Crippen LogP contribution is -2.25.